The van der Waals surface area contributed by atoms with Crippen LogP contribution < -0.4 is 0 Å². The van der Waals surface area contributed by atoms with Crippen molar-refractivity contribution >= 4 is 23.9 Å². The van der Waals surface area contributed by atoms with Gasteiger partial charge in [-0.15, -0.1) is 5.10 Å². The highest BCUT2D eigenvalue weighted by molar-refractivity contribution is 7.98. The largest absolute Gasteiger partial charge is 0.259 e. The fraction of sp³-hybridized carbons (Fsp3) is 0.0909. The van der Waals surface area contributed by atoms with Gasteiger partial charge in [-0.1, -0.05) is 48.2 Å². The van der Waals surface area contributed by atoms with E-state index in [1.807, 2.05) is 48.7 Å². The predicted octanol–water partition coefficient (Wildman–Crippen LogP) is 2.70. The number of thioether (sulfide) groups is 1. The van der Waals surface area contributed by atoms with Crippen molar-refractivity contribution in [2.75, 3.05) is 6.26 Å². The molecule has 0 aliphatic carbocycles. The van der Waals surface area contributed by atoms with Crippen molar-refractivity contribution in [1.29, 1.82) is 0 Å². The lowest BCUT2D eigenvalue weighted by molar-refractivity contribution is 0.975. The summed E-state index contributed by atoms with van der Waals surface area (Å²) in [6, 6.07) is 10.1. The first-order chi connectivity index (χ1) is 7.38. The van der Waals surface area contributed by atoms with Gasteiger partial charge >= 0.3 is 0 Å². The van der Waals surface area contributed by atoms with Crippen LogP contribution in [0.1, 0.15) is 11.4 Å². The molecule has 0 aliphatic rings. The van der Waals surface area contributed by atoms with Crippen molar-refractivity contribution in [3.05, 3.63) is 41.7 Å². The van der Waals surface area contributed by atoms with Crippen molar-refractivity contribution in [2.24, 2.45) is 0 Å². The molecule has 2 aromatic rings. The summed E-state index contributed by atoms with van der Waals surface area (Å²) < 4.78 is 0. The van der Waals surface area contributed by atoms with Gasteiger partial charge < -0.3 is 0 Å². The first-order valence-electron chi connectivity index (χ1n) is 4.58. The Bertz CT molecular complexity index is 448. The van der Waals surface area contributed by atoms with E-state index in [1.54, 1.807) is 0 Å². The van der Waals surface area contributed by atoms with Crippen LogP contribution in [0, 0.1) is 0 Å². The van der Waals surface area contributed by atoms with E-state index in [1.165, 1.54) is 11.8 Å². The normalized spacial score (nSPS) is 11.0. The highest BCUT2D eigenvalue weighted by atomic mass is 32.2. The lowest BCUT2D eigenvalue weighted by Gasteiger charge is -1.89. The zero-order chi connectivity index (χ0) is 10.5. The Kier molecular flexibility index (Phi) is 3.19. The Balaban J connectivity index is 2.11. The lowest BCUT2D eigenvalue weighted by atomic mass is 10.2. The SMILES string of the molecule is CSc1n[nH]c(/C=C/c2ccccc2)n1. The molecular weight excluding hydrogens is 206 g/mol. The number of aromatic nitrogens is 3. The molecule has 1 N–H and O–H groups in total. The first kappa shape index (κ1) is 9.98. The fourth-order valence-electron chi connectivity index (χ4n) is 1.16. The van der Waals surface area contributed by atoms with Crippen molar-refractivity contribution in [1.82, 2.24) is 15.2 Å². The van der Waals surface area contributed by atoms with E-state index in [0.29, 0.717) is 0 Å². The third kappa shape index (κ3) is 2.70. The van der Waals surface area contributed by atoms with E-state index >= 15 is 0 Å². The second kappa shape index (κ2) is 4.79. The number of benzene rings is 1. The van der Waals surface area contributed by atoms with Crippen molar-refractivity contribution < 1.29 is 0 Å². The molecule has 0 spiro atoms. The molecule has 0 aliphatic heterocycles. The van der Waals surface area contributed by atoms with Crippen LogP contribution in [0.4, 0.5) is 0 Å². The second-order valence-electron chi connectivity index (χ2n) is 2.95. The number of nitrogens with one attached hydrogen (secondary N) is 1. The molecule has 1 aromatic carbocycles. The summed E-state index contributed by atoms with van der Waals surface area (Å²) in [5.41, 5.74) is 1.15. The number of rotatable bonds is 3. The minimum Gasteiger partial charge on any atom is -0.259 e. The number of hydrogen-bond acceptors (Lipinski definition) is 3. The molecule has 15 heavy (non-hydrogen) atoms. The van der Waals surface area contributed by atoms with E-state index in [0.717, 1.165) is 16.5 Å². The first-order valence-corrected chi connectivity index (χ1v) is 5.80. The van der Waals surface area contributed by atoms with Crippen molar-refractivity contribution in [2.45, 2.75) is 5.16 Å². The van der Waals surface area contributed by atoms with Crippen molar-refractivity contribution in [3.8, 4) is 0 Å². The zero-order valence-corrected chi connectivity index (χ0v) is 9.16. The molecule has 0 bridgehead atoms. The summed E-state index contributed by atoms with van der Waals surface area (Å²) in [6.07, 6.45) is 5.88. The zero-order valence-electron chi connectivity index (χ0n) is 8.34. The van der Waals surface area contributed by atoms with E-state index in [4.69, 9.17) is 0 Å². The Morgan fingerprint density at radius 2 is 2.00 bits per heavy atom. The Hall–Kier alpha value is -1.55. The number of aromatic amines is 1. The van der Waals surface area contributed by atoms with E-state index in [2.05, 4.69) is 15.2 Å². The summed E-state index contributed by atoms with van der Waals surface area (Å²) in [5.74, 6) is 0.781. The quantitative estimate of drug-likeness (QED) is 0.804. The minimum absolute atomic E-state index is 0.766. The summed E-state index contributed by atoms with van der Waals surface area (Å²) in [5, 5.41) is 7.65. The third-order valence-corrected chi connectivity index (χ3v) is 2.45. The highest BCUT2D eigenvalue weighted by Crippen LogP contribution is 2.09. The van der Waals surface area contributed by atoms with Crippen LogP contribution in [-0.2, 0) is 0 Å². The Morgan fingerprint density at radius 1 is 1.20 bits per heavy atom. The number of nitrogens with zero attached hydrogens (tertiary/aromatic N) is 2. The highest BCUT2D eigenvalue weighted by Gasteiger charge is 1.96. The maximum absolute atomic E-state index is 4.25. The molecule has 0 atom stereocenters. The standard InChI is InChI=1S/C11H11N3S/c1-15-11-12-10(13-14-11)8-7-9-5-3-2-4-6-9/h2-8H,1H3,(H,12,13,14)/b8-7+. The predicted molar refractivity (Wildman–Crippen MR) is 63.5 cm³/mol. The van der Waals surface area contributed by atoms with Crippen LogP contribution in [0.3, 0.4) is 0 Å². The molecule has 76 valence electrons. The second-order valence-corrected chi connectivity index (χ2v) is 3.72. The van der Waals surface area contributed by atoms with Crippen LogP contribution >= 0.6 is 11.8 Å². The molecule has 0 fully saturated rings. The molecule has 1 heterocycles. The van der Waals surface area contributed by atoms with Crippen molar-refractivity contribution in [3.63, 3.8) is 0 Å². The van der Waals surface area contributed by atoms with Gasteiger partial charge in [0.25, 0.3) is 0 Å². The summed E-state index contributed by atoms with van der Waals surface area (Å²) in [4.78, 5) is 4.25. The maximum Gasteiger partial charge on any atom is 0.208 e. The van der Waals surface area contributed by atoms with E-state index in [9.17, 15) is 0 Å². The molecular formula is C11H11N3S. The molecule has 0 saturated heterocycles. The molecule has 3 nitrogen and oxygen atoms in total. The fourth-order valence-corrected chi connectivity index (χ4v) is 1.49. The summed E-state index contributed by atoms with van der Waals surface area (Å²) in [6.45, 7) is 0. The van der Waals surface area contributed by atoms with Crippen LogP contribution in [0.15, 0.2) is 35.5 Å². The number of H-pyrrole nitrogens is 1. The average molecular weight is 217 g/mol. The van der Waals surface area contributed by atoms with Gasteiger partial charge in [0, 0.05) is 0 Å². The molecule has 4 heteroatoms. The Labute approximate surface area is 92.6 Å². The molecule has 0 amide bonds. The van der Waals surface area contributed by atoms with Gasteiger partial charge in [-0.2, -0.15) is 0 Å². The maximum atomic E-state index is 4.25. The van der Waals surface area contributed by atoms with Crippen LogP contribution in [0.5, 0.6) is 0 Å². The molecule has 0 saturated carbocycles. The molecule has 0 radical (unpaired) electrons. The van der Waals surface area contributed by atoms with Gasteiger partial charge in [0.1, 0.15) is 5.82 Å². The van der Waals surface area contributed by atoms with Gasteiger partial charge in [-0.05, 0) is 17.9 Å². The third-order valence-electron chi connectivity index (χ3n) is 1.90. The van der Waals surface area contributed by atoms with Gasteiger partial charge in [-0.3, -0.25) is 5.10 Å². The summed E-state index contributed by atoms with van der Waals surface area (Å²) >= 11 is 1.52. The van der Waals surface area contributed by atoms with Gasteiger partial charge in [-0.25, -0.2) is 4.98 Å². The van der Waals surface area contributed by atoms with Gasteiger partial charge in [0.05, 0.1) is 0 Å². The van der Waals surface area contributed by atoms with Crippen LogP contribution in [0.25, 0.3) is 12.2 Å². The number of hydrogen-bond donors (Lipinski definition) is 1. The topological polar surface area (TPSA) is 41.6 Å². The molecule has 2 rings (SSSR count). The van der Waals surface area contributed by atoms with E-state index in [-0.39, 0.29) is 0 Å². The van der Waals surface area contributed by atoms with Gasteiger partial charge in [0.2, 0.25) is 5.16 Å². The minimum atomic E-state index is 0.766. The smallest absolute Gasteiger partial charge is 0.208 e. The van der Waals surface area contributed by atoms with E-state index < -0.39 is 0 Å². The van der Waals surface area contributed by atoms with Crippen LogP contribution in [-0.4, -0.2) is 21.4 Å². The lowest BCUT2D eigenvalue weighted by Crippen LogP contribution is -1.74. The summed E-state index contributed by atoms with van der Waals surface area (Å²) in [7, 11) is 0. The van der Waals surface area contributed by atoms with Gasteiger partial charge in [0.15, 0.2) is 0 Å². The van der Waals surface area contributed by atoms with Crippen LogP contribution in [0.2, 0.25) is 0 Å². The molecule has 0 unspecified atom stereocenters. The molecule has 1 aromatic heterocycles. The average Bonchev–Trinajstić information content (AvgIpc) is 2.76. The Morgan fingerprint density at radius 3 is 2.67 bits per heavy atom. The monoisotopic (exact) mass is 217 g/mol.